The Morgan fingerprint density at radius 1 is 1.56 bits per heavy atom. The quantitative estimate of drug-likeness (QED) is 0.729. The SMILES string of the molecule is CC1CO[C@H](CN)CN1C(=O)OC(C)(C)C. The predicted molar refractivity (Wildman–Crippen MR) is 61.2 cm³/mol. The van der Waals surface area contributed by atoms with Crippen molar-refractivity contribution in [1.29, 1.82) is 0 Å². The van der Waals surface area contributed by atoms with Gasteiger partial charge in [0.15, 0.2) is 0 Å². The van der Waals surface area contributed by atoms with Crippen molar-refractivity contribution in [2.24, 2.45) is 5.73 Å². The number of hydrogen-bond donors (Lipinski definition) is 1. The van der Waals surface area contributed by atoms with Crippen molar-refractivity contribution >= 4 is 6.09 Å². The van der Waals surface area contributed by atoms with Crippen LogP contribution in [0.4, 0.5) is 4.79 Å². The van der Waals surface area contributed by atoms with Crippen LogP contribution < -0.4 is 5.73 Å². The van der Waals surface area contributed by atoms with Crippen molar-refractivity contribution in [3.05, 3.63) is 0 Å². The van der Waals surface area contributed by atoms with E-state index in [2.05, 4.69) is 0 Å². The summed E-state index contributed by atoms with van der Waals surface area (Å²) in [5, 5.41) is 0. The molecule has 1 rings (SSSR count). The molecular weight excluding hydrogens is 208 g/mol. The lowest BCUT2D eigenvalue weighted by molar-refractivity contribution is -0.0617. The van der Waals surface area contributed by atoms with Gasteiger partial charge in [0, 0.05) is 6.54 Å². The summed E-state index contributed by atoms with van der Waals surface area (Å²) in [5.74, 6) is 0. The fourth-order valence-corrected chi connectivity index (χ4v) is 1.53. The van der Waals surface area contributed by atoms with E-state index in [1.54, 1.807) is 4.90 Å². The van der Waals surface area contributed by atoms with Crippen molar-refractivity contribution in [3.8, 4) is 0 Å². The highest BCUT2D eigenvalue weighted by Gasteiger charge is 2.31. The maximum Gasteiger partial charge on any atom is 0.410 e. The second-order valence-corrected chi connectivity index (χ2v) is 5.17. The molecule has 0 aromatic heterocycles. The monoisotopic (exact) mass is 230 g/mol. The first-order valence-corrected chi connectivity index (χ1v) is 5.65. The summed E-state index contributed by atoms with van der Waals surface area (Å²) < 4.78 is 10.8. The van der Waals surface area contributed by atoms with Crippen LogP contribution in [0.25, 0.3) is 0 Å². The molecule has 1 unspecified atom stereocenters. The molecule has 5 nitrogen and oxygen atoms in total. The molecule has 0 aromatic carbocycles. The van der Waals surface area contributed by atoms with Crippen LogP contribution in [0.2, 0.25) is 0 Å². The highest BCUT2D eigenvalue weighted by Crippen LogP contribution is 2.16. The Morgan fingerprint density at radius 3 is 2.69 bits per heavy atom. The zero-order valence-electron chi connectivity index (χ0n) is 10.5. The summed E-state index contributed by atoms with van der Waals surface area (Å²) in [4.78, 5) is 13.6. The third-order valence-electron chi connectivity index (χ3n) is 2.40. The predicted octanol–water partition coefficient (Wildman–Crippen LogP) is 0.969. The van der Waals surface area contributed by atoms with Gasteiger partial charge < -0.3 is 20.1 Å². The van der Waals surface area contributed by atoms with Gasteiger partial charge in [-0.25, -0.2) is 4.79 Å². The lowest BCUT2D eigenvalue weighted by Crippen LogP contribution is -2.54. The van der Waals surface area contributed by atoms with E-state index in [4.69, 9.17) is 15.2 Å². The van der Waals surface area contributed by atoms with Crippen LogP contribution in [-0.4, -0.2) is 48.4 Å². The van der Waals surface area contributed by atoms with E-state index in [-0.39, 0.29) is 18.2 Å². The number of rotatable bonds is 1. The largest absolute Gasteiger partial charge is 0.444 e. The molecule has 0 aromatic rings. The van der Waals surface area contributed by atoms with Gasteiger partial charge in [0.2, 0.25) is 0 Å². The van der Waals surface area contributed by atoms with E-state index >= 15 is 0 Å². The molecule has 0 spiro atoms. The number of carbonyl (C=O) groups excluding carboxylic acids is 1. The van der Waals surface area contributed by atoms with Crippen molar-refractivity contribution in [2.75, 3.05) is 19.7 Å². The maximum atomic E-state index is 11.9. The first kappa shape index (κ1) is 13.3. The summed E-state index contributed by atoms with van der Waals surface area (Å²) in [5.41, 5.74) is 5.07. The van der Waals surface area contributed by atoms with Gasteiger partial charge in [-0.3, -0.25) is 0 Å². The normalized spacial score (nSPS) is 26.7. The van der Waals surface area contributed by atoms with E-state index in [0.717, 1.165) is 0 Å². The maximum absolute atomic E-state index is 11.9. The third kappa shape index (κ3) is 3.64. The lowest BCUT2D eigenvalue weighted by atomic mass is 10.2. The third-order valence-corrected chi connectivity index (χ3v) is 2.40. The number of ether oxygens (including phenoxy) is 2. The van der Waals surface area contributed by atoms with Crippen LogP contribution in [0.5, 0.6) is 0 Å². The Balaban J connectivity index is 2.59. The zero-order chi connectivity index (χ0) is 12.3. The van der Waals surface area contributed by atoms with Crippen LogP contribution in [0.1, 0.15) is 27.7 Å². The standard InChI is InChI=1S/C11H22N2O3/c1-8-7-15-9(5-12)6-13(8)10(14)16-11(2,3)4/h8-9H,5-7,12H2,1-4H3/t8?,9-/m1/s1. The van der Waals surface area contributed by atoms with E-state index in [0.29, 0.717) is 19.7 Å². The Bertz CT molecular complexity index is 250. The van der Waals surface area contributed by atoms with E-state index in [9.17, 15) is 4.79 Å². The van der Waals surface area contributed by atoms with Crippen molar-refractivity contribution < 1.29 is 14.3 Å². The number of amides is 1. The second kappa shape index (κ2) is 5.01. The molecule has 5 heteroatoms. The van der Waals surface area contributed by atoms with Gasteiger partial charge in [-0.2, -0.15) is 0 Å². The molecule has 94 valence electrons. The molecular formula is C11H22N2O3. The van der Waals surface area contributed by atoms with Gasteiger partial charge in [0.25, 0.3) is 0 Å². The molecule has 1 aliphatic rings. The van der Waals surface area contributed by atoms with Gasteiger partial charge in [0.05, 0.1) is 25.3 Å². The van der Waals surface area contributed by atoms with E-state index in [1.165, 1.54) is 0 Å². The summed E-state index contributed by atoms with van der Waals surface area (Å²) in [7, 11) is 0. The van der Waals surface area contributed by atoms with E-state index < -0.39 is 5.60 Å². The number of morpholine rings is 1. The molecule has 0 bridgehead atoms. The minimum Gasteiger partial charge on any atom is -0.444 e. The van der Waals surface area contributed by atoms with Crippen LogP contribution in [-0.2, 0) is 9.47 Å². The Kier molecular flexibility index (Phi) is 4.15. The van der Waals surface area contributed by atoms with Gasteiger partial charge >= 0.3 is 6.09 Å². The Hall–Kier alpha value is -0.810. The molecule has 1 fully saturated rings. The fourth-order valence-electron chi connectivity index (χ4n) is 1.53. The Labute approximate surface area is 96.9 Å². The second-order valence-electron chi connectivity index (χ2n) is 5.17. The first-order chi connectivity index (χ1) is 7.33. The van der Waals surface area contributed by atoms with Gasteiger partial charge in [0.1, 0.15) is 5.60 Å². The summed E-state index contributed by atoms with van der Waals surface area (Å²) in [6.07, 6.45) is -0.370. The van der Waals surface area contributed by atoms with Crippen LogP contribution in [0.3, 0.4) is 0 Å². The summed E-state index contributed by atoms with van der Waals surface area (Å²) >= 11 is 0. The van der Waals surface area contributed by atoms with Crippen molar-refractivity contribution in [1.82, 2.24) is 4.90 Å². The summed E-state index contributed by atoms with van der Waals surface area (Å²) in [6, 6.07) is 0.0395. The zero-order valence-corrected chi connectivity index (χ0v) is 10.5. The molecule has 0 saturated carbocycles. The first-order valence-electron chi connectivity index (χ1n) is 5.65. The molecule has 1 saturated heterocycles. The average Bonchev–Trinajstić information content (AvgIpc) is 2.15. The van der Waals surface area contributed by atoms with E-state index in [1.807, 2.05) is 27.7 Å². The van der Waals surface area contributed by atoms with Gasteiger partial charge in [-0.1, -0.05) is 0 Å². The van der Waals surface area contributed by atoms with Crippen LogP contribution in [0, 0.1) is 0 Å². The minimum atomic E-state index is -0.465. The highest BCUT2D eigenvalue weighted by atomic mass is 16.6. The lowest BCUT2D eigenvalue weighted by Gasteiger charge is -2.38. The molecule has 0 radical (unpaired) electrons. The smallest absolute Gasteiger partial charge is 0.410 e. The van der Waals surface area contributed by atoms with Gasteiger partial charge in [-0.05, 0) is 27.7 Å². The van der Waals surface area contributed by atoms with Crippen LogP contribution >= 0.6 is 0 Å². The van der Waals surface area contributed by atoms with Gasteiger partial charge in [-0.15, -0.1) is 0 Å². The topological polar surface area (TPSA) is 64.8 Å². The summed E-state index contributed by atoms with van der Waals surface area (Å²) in [6.45, 7) is 8.96. The molecule has 1 aliphatic heterocycles. The number of nitrogens with zero attached hydrogens (tertiary/aromatic N) is 1. The molecule has 2 atom stereocenters. The fraction of sp³-hybridized carbons (Fsp3) is 0.909. The molecule has 1 amide bonds. The van der Waals surface area contributed by atoms with Crippen molar-refractivity contribution in [2.45, 2.75) is 45.4 Å². The Morgan fingerprint density at radius 2 is 2.19 bits per heavy atom. The molecule has 0 aliphatic carbocycles. The molecule has 16 heavy (non-hydrogen) atoms. The number of carbonyl (C=O) groups is 1. The minimum absolute atomic E-state index is 0.0395. The molecule has 1 heterocycles. The molecule has 2 N–H and O–H groups in total. The number of nitrogens with two attached hydrogens (primary N) is 1. The number of hydrogen-bond acceptors (Lipinski definition) is 4. The van der Waals surface area contributed by atoms with Crippen molar-refractivity contribution in [3.63, 3.8) is 0 Å². The average molecular weight is 230 g/mol. The highest BCUT2D eigenvalue weighted by molar-refractivity contribution is 5.68. The van der Waals surface area contributed by atoms with Crippen LogP contribution in [0.15, 0.2) is 0 Å².